The van der Waals surface area contributed by atoms with Gasteiger partial charge in [-0.3, -0.25) is 10.1 Å². The van der Waals surface area contributed by atoms with E-state index in [2.05, 4.69) is 24.2 Å². The predicted molar refractivity (Wildman–Crippen MR) is 83.0 cm³/mol. The molecule has 0 radical (unpaired) electrons. The summed E-state index contributed by atoms with van der Waals surface area (Å²) in [4.78, 5) is 13.1. The molecular weight excluding hydrogens is 270 g/mol. The van der Waals surface area contributed by atoms with Crippen molar-refractivity contribution >= 4 is 11.4 Å². The van der Waals surface area contributed by atoms with Gasteiger partial charge in [0.2, 0.25) is 0 Å². The second-order valence-corrected chi connectivity index (χ2v) is 6.11. The lowest BCUT2D eigenvalue weighted by Crippen LogP contribution is -2.40. The highest BCUT2D eigenvalue weighted by Crippen LogP contribution is 2.33. The Morgan fingerprint density at radius 1 is 1.43 bits per heavy atom. The average Bonchev–Trinajstić information content (AvgIpc) is 2.48. The largest absolute Gasteiger partial charge is 0.496 e. The molecule has 0 aliphatic carbocycles. The van der Waals surface area contributed by atoms with Crippen molar-refractivity contribution < 1.29 is 9.66 Å². The number of anilines is 1. The van der Waals surface area contributed by atoms with Crippen molar-refractivity contribution in [3.8, 4) is 5.75 Å². The third kappa shape index (κ3) is 3.85. The molecule has 0 saturated carbocycles. The fourth-order valence-corrected chi connectivity index (χ4v) is 2.58. The number of nitrogens with one attached hydrogen (secondary N) is 1. The molecule has 1 heterocycles. The van der Waals surface area contributed by atoms with E-state index in [9.17, 15) is 10.1 Å². The van der Waals surface area contributed by atoms with E-state index >= 15 is 0 Å². The molecule has 2 rings (SSSR count). The molecule has 1 fully saturated rings. The Hall–Kier alpha value is -1.82. The number of ether oxygens (including phenoxy) is 1. The zero-order valence-corrected chi connectivity index (χ0v) is 12.9. The Balaban J connectivity index is 2.07. The SMILES string of the molecule is COc1ccc(NCC2(C)CCN(C)CC2)c([N+](=O)[O-])c1. The van der Waals surface area contributed by atoms with Crippen molar-refractivity contribution in [2.24, 2.45) is 5.41 Å². The van der Waals surface area contributed by atoms with Gasteiger partial charge in [-0.15, -0.1) is 0 Å². The summed E-state index contributed by atoms with van der Waals surface area (Å²) in [7, 11) is 3.63. The van der Waals surface area contributed by atoms with Crippen LogP contribution in [0.3, 0.4) is 0 Å². The number of nitro groups is 1. The van der Waals surface area contributed by atoms with Crippen molar-refractivity contribution in [1.82, 2.24) is 4.90 Å². The number of nitrogens with zero attached hydrogens (tertiary/aromatic N) is 2. The van der Waals surface area contributed by atoms with Gasteiger partial charge in [-0.1, -0.05) is 6.92 Å². The Morgan fingerprint density at radius 2 is 2.10 bits per heavy atom. The molecule has 6 nitrogen and oxygen atoms in total. The first-order valence-electron chi connectivity index (χ1n) is 7.18. The molecule has 1 aliphatic heterocycles. The molecule has 6 heteroatoms. The number of methoxy groups -OCH3 is 1. The maximum Gasteiger partial charge on any atom is 0.296 e. The smallest absolute Gasteiger partial charge is 0.296 e. The fourth-order valence-electron chi connectivity index (χ4n) is 2.58. The standard InChI is InChI=1S/C15H23N3O3/c1-15(6-8-17(2)9-7-15)11-16-13-5-4-12(21-3)10-14(13)18(19)20/h4-5,10,16H,6-9,11H2,1-3H3. The van der Waals surface area contributed by atoms with Crippen LogP contribution in [-0.4, -0.2) is 43.6 Å². The third-order valence-electron chi connectivity index (χ3n) is 4.30. The normalized spacial score (nSPS) is 18.2. The number of hydrogen-bond donors (Lipinski definition) is 1. The van der Waals surface area contributed by atoms with Gasteiger partial charge in [-0.2, -0.15) is 0 Å². The van der Waals surface area contributed by atoms with Crippen molar-refractivity contribution in [2.75, 3.05) is 39.1 Å². The first-order chi connectivity index (χ1) is 9.93. The Labute approximate surface area is 125 Å². The summed E-state index contributed by atoms with van der Waals surface area (Å²) < 4.78 is 5.05. The first kappa shape index (κ1) is 15.6. The molecule has 1 aromatic rings. The minimum Gasteiger partial charge on any atom is -0.496 e. The summed E-state index contributed by atoms with van der Waals surface area (Å²) in [6.07, 6.45) is 2.20. The monoisotopic (exact) mass is 293 g/mol. The molecule has 0 bridgehead atoms. The van der Waals surface area contributed by atoms with Gasteiger partial charge in [0.25, 0.3) is 5.69 Å². The minimum absolute atomic E-state index is 0.0610. The lowest BCUT2D eigenvalue weighted by molar-refractivity contribution is -0.384. The molecule has 0 amide bonds. The van der Waals surface area contributed by atoms with Crippen LogP contribution in [0.25, 0.3) is 0 Å². The van der Waals surface area contributed by atoms with Crippen LogP contribution < -0.4 is 10.1 Å². The van der Waals surface area contributed by atoms with Gasteiger partial charge in [0.15, 0.2) is 0 Å². The Kier molecular flexibility index (Phi) is 4.67. The fraction of sp³-hybridized carbons (Fsp3) is 0.600. The maximum atomic E-state index is 11.2. The van der Waals surface area contributed by atoms with Crippen molar-refractivity contribution in [1.29, 1.82) is 0 Å². The van der Waals surface area contributed by atoms with Crippen molar-refractivity contribution in [3.05, 3.63) is 28.3 Å². The third-order valence-corrected chi connectivity index (χ3v) is 4.30. The summed E-state index contributed by atoms with van der Waals surface area (Å²) in [6, 6.07) is 4.92. The van der Waals surface area contributed by atoms with Gasteiger partial charge in [-0.25, -0.2) is 0 Å². The summed E-state index contributed by atoms with van der Waals surface area (Å²) in [5, 5.41) is 14.4. The second-order valence-electron chi connectivity index (χ2n) is 6.11. The average molecular weight is 293 g/mol. The van der Waals surface area contributed by atoms with Gasteiger partial charge in [0.1, 0.15) is 11.4 Å². The quantitative estimate of drug-likeness (QED) is 0.668. The predicted octanol–water partition coefficient (Wildman–Crippen LogP) is 2.75. The molecule has 0 unspecified atom stereocenters. The zero-order chi connectivity index (χ0) is 15.5. The van der Waals surface area contributed by atoms with E-state index in [1.807, 2.05) is 0 Å². The highest BCUT2D eigenvalue weighted by molar-refractivity contribution is 5.64. The topological polar surface area (TPSA) is 67.6 Å². The van der Waals surface area contributed by atoms with E-state index in [0.29, 0.717) is 11.4 Å². The van der Waals surface area contributed by atoms with Gasteiger partial charge in [0.05, 0.1) is 18.1 Å². The first-order valence-corrected chi connectivity index (χ1v) is 7.18. The van der Waals surface area contributed by atoms with E-state index < -0.39 is 0 Å². The summed E-state index contributed by atoms with van der Waals surface area (Å²) >= 11 is 0. The van der Waals surface area contributed by atoms with Crippen LogP contribution in [0.4, 0.5) is 11.4 Å². The highest BCUT2D eigenvalue weighted by Gasteiger charge is 2.29. The number of nitro benzene ring substituents is 1. The number of hydrogen-bond acceptors (Lipinski definition) is 5. The highest BCUT2D eigenvalue weighted by atomic mass is 16.6. The molecule has 0 atom stereocenters. The van der Waals surface area contributed by atoms with E-state index in [0.717, 1.165) is 32.5 Å². The summed E-state index contributed by atoms with van der Waals surface area (Å²) in [6.45, 7) is 5.13. The summed E-state index contributed by atoms with van der Waals surface area (Å²) in [5.74, 6) is 0.498. The maximum absolute atomic E-state index is 11.2. The lowest BCUT2D eigenvalue weighted by Gasteiger charge is -2.38. The molecule has 0 spiro atoms. The zero-order valence-electron chi connectivity index (χ0n) is 12.9. The van der Waals surface area contributed by atoms with Gasteiger partial charge < -0.3 is 15.0 Å². The van der Waals surface area contributed by atoms with Gasteiger partial charge in [0, 0.05) is 6.54 Å². The molecule has 1 saturated heterocycles. The summed E-state index contributed by atoms with van der Waals surface area (Å²) in [5.41, 5.74) is 0.798. The molecule has 21 heavy (non-hydrogen) atoms. The van der Waals surface area contributed by atoms with Crippen LogP contribution in [0, 0.1) is 15.5 Å². The minimum atomic E-state index is -0.373. The van der Waals surface area contributed by atoms with Crippen LogP contribution in [0.15, 0.2) is 18.2 Å². The van der Waals surface area contributed by atoms with E-state index in [-0.39, 0.29) is 16.0 Å². The number of likely N-dealkylation sites (tertiary alicyclic amines) is 1. The van der Waals surface area contributed by atoms with E-state index in [1.165, 1.54) is 13.2 Å². The van der Waals surface area contributed by atoms with Gasteiger partial charge >= 0.3 is 0 Å². The van der Waals surface area contributed by atoms with Crippen LogP contribution in [0.2, 0.25) is 0 Å². The Bertz CT molecular complexity index is 511. The number of rotatable bonds is 5. The molecule has 1 aromatic carbocycles. The lowest BCUT2D eigenvalue weighted by atomic mass is 9.80. The molecule has 1 N–H and O–H groups in total. The molecule has 0 aromatic heterocycles. The molecule has 116 valence electrons. The van der Waals surface area contributed by atoms with Gasteiger partial charge in [-0.05, 0) is 50.5 Å². The van der Waals surface area contributed by atoms with Crippen LogP contribution in [0.5, 0.6) is 5.75 Å². The Morgan fingerprint density at radius 3 is 2.67 bits per heavy atom. The number of benzene rings is 1. The van der Waals surface area contributed by atoms with Crippen LogP contribution in [0.1, 0.15) is 19.8 Å². The second kappa shape index (κ2) is 6.30. The molecule has 1 aliphatic rings. The van der Waals surface area contributed by atoms with E-state index in [1.54, 1.807) is 12.1 Å². The van der Waals surface area contributed by atoms with Crippen molar-refractivity contribution in [2.45, 2.75) is 19.8 Å². The van der Waals surface area contributed by atoms with E-state index in [4.69, 9.17) is 4.74 Å². The van der Waals surface area contributed by atoms with Crippen molar-refractivity contribution in [3.63, 3.8) is 0 Å². The molecular formula is C15H23N3O3. The van der Waals surface area contributed by atoms with Crippen LogP contribution in [-0.2, 0) is 0 Å². The number of piperidine rings is 1. The van der Waals surface area contributed by atoms with Crippen LogP contribution >= 0.6 is 0 Å².